The SMILES string of the molecule is CC.Fc1ccc(Cl)cc1.[B]C1NC(=O)Cn2c(C(=O)O)nc(NC(=O)c3nsc4ccc(F)cc34)c21. The molecule has 3 heterocycles. The van der Waals surface area contributed by atoms with Gasteiger partial charge in [-0.25, -0.2) is 18.6 Å². The number of carbonyl (C=O) groups excluding carboxylic acids is 2. The van der Waals surface area contributed by atoms with Gasteiger partial charge in [-0.3, -0.25) is 9.59 Å². The number of fused-ring (bicyclic) bond motifs is 2. The van der Waals surface area contributed by atoms with Gasteiger partial charge >= 0.3 is 5.97 Å². The van der Waals surface area contributed by atoms with E-state index in [0.29, 0.717) is 15.1 Å². The first kappa shape index (κ1) is 27.7. The highest BCUT2D eigenvalue weighted by molar-refractivity contribution is 7.13. The van der Waals surface area contributed by atoms with E-state index in [0.717, 1.165) is 16.1 Å². The van der Waals surface area contributed by atoms with Crippen LogP contribution in [0.3, 0.4) is 0 Å². The van der Waals surface area contributed by atoms with Crippen molar-refractivity contribution in [2.75, 3.05) is 5.32 Å². The largest absolute Gasteiger partial charge is 0.475 e. The van der Waals surface area contributed by atoms with Crippen molar-refractivity contribution in [3.63, 3.8) is 0 Å². The first-order chi connectivity index (χ1) is 17.6. The van der Waals surface area contributed by atoms with E-state index < -0.39 is 35.4 Å². The van der Waals surface area contributed by atoms with Gasteiger partial charge in [0, 0.05) is 16.4 Å². The zero-order valence-electron chi connectivity index (χ0n) is 19.5. The molecule has 2 aromatic carbocycles. The van der Waals surface area contributed by atoms with E-state index in [-0.39, 0.29) is 29.6 Å². The Morgan fingerprint density at radius 3 is 2.46 bits per heavy atom. The van der Waals surface area contributed by atoms with Gasteiger partial charge in [-0.2, -0.15) is 4.37 Å². The van der Waals surface area contributed by atoms with Gasteiger partial charge in [-0.1, -0.05) is 25.4 Å². The van der Waals surface area contributed by atoms with Crippen LogP contribution < -0.4 is 10.6 Å². The van der Waals surface area contributed by atoms with Crippen LogP contribution >= 0.6 is 23.1 Å². The summed E-state index contributed by atoms with van der Waals surface area (Å²) >= 11 is 6.47. The number of amides is 2. The lowest BCUT2D eigenvalue weighted by Crippen LogP contribution is -2.39. The minimum atomic E-state index is -1.38. The Bertz CT molecular complexity index is 1440. The number of aromatic carboxylic acids is 1. The zero-order valence-corrected chi connectivity index (χ0v) is 21.0. The number of anilines is 1. The molecule has 2 amide bonds. The van der Waals surface area contributed by atoms with Crippen LogP contribution in [-0.4, -0.2) is 44.7 Å². The minimum absolute atomic E-state index is 0.0264. The van der Waals surface area contributed by atoms with Gasteiger partial charge in [0.2, 0.25) is 11.7 Å². The van der Waals surface area contributed by atoms with E-state index in [1.165, 1.54) is 42.5 Å². The number of hydrogen-bond acceptors (Lipinski definition) is 6. The number of hydrogen-bond donors (Lipinski definition) is 3. The monoisotopic (exact) mass is 545 g/mol. The first-order valence-electron chi connectivity index (χ1n) is 10.8. The van der Waals surface area contributed by atoms with Gasteiger partial charge in [0.05, 0.1) is 10.4 Å². The van der Waals surface area contributed by atoms with Crippen LogP contribution in [0.1, 0.15) is 46.6 Å². The third-order valence-corrected chi connectivity index (χ3v) is 5.87. The third-order valence-electron chi connectivity index (χ3n) is 4.79. The summed E-state index contributed by atoms with van der Waals surface area (Å²) in [7, 11) is 5.86. The summed E-state index contributed by atoms with van der Waals surface area (Å²) in [5, 5.41) is 15.1. The third kappa shape index (κ3) is 6.30. The number of halogens is 3. The minimum Gasteiger partial charge on any atom is -0.475 e. The molecule has 0 aliphatic carbocycles. The van der Waals surface area contributed by atoms with Crippen molar-refractivity contribution < 1.29 is 28.3 Å². The van der Waals surface area contributed by atoms with E-state index in [9.17, 15) is 28.3 Å². The lowest BCUT2D eigenvalue weighted by Gasteiger charge is -2.24. The topological polar surface area (TPSA) is 126 Å². The quantitative estimate of drug-likeness (QED) is 0.328. The van der Waals surface area contributed by atoms with Crippen molar-refractivity contribution in [2.24, 2.45) is 0 Å². The molecule has 0 fully saturated rings. The van der Waals surface area contributed by atoms with Gasteiger partial charge < -0.3 is 20.3 Å². The second kappa shape index (κ2) is 11.9. The molecule has 2 radical (unpaired) electrons. The van der Waals surface area contributed by atoms with Gasteiger partial charge in [0.1, 0.15) is 31.7 Å². The molecule has 0 bridgehead atoms. The number of imidazole rings is 1. The molecule has 4 aromatic rings. The number of nitrogens with zero attached hydrogens (tertiary/aromatic N) is 3. The second-order valence-corrected chi connectivity index (χ2v) is 8.41. The van der Waals surface area contributed by atoms with Crippen molar-refractivity contribution in [3.05, 3.63) is 76.3 Å². The molecule has 3 N–H and O–H groups in total. The fourth-order valence-corrected chi connectivity index (χ4v) is 4.18. The van der Waals surface area contributed by atoms with Crippen molar-refractivity contribution in [1.29, 1.82) is 0 Å². The molecule has 1 aliphatic rings. The Labute approximate surface area is 220 Å². The standard InChI is InChI=1S/C15H9BFN5O4S.C6H4ClF.C2H6/c16-11-10-12(19-13(15(25)26)22(10)4-8(23)18-11)20-14(24)9-6-3-5(17)1-2-7(6)27-21-9;7-5-1-3-6(8)4-2-5;1-2/h1-3,11H,4H2,(H,18,23)(H,20,24)(H,25,26);1-4H;1-2H3. The fourth-order valence-electron chi connectivity index (χ4n) is 3.30. The summed E-state index contributed by atoms with van der Waals surface area (Å²) in [6, 6.07) is 9.61. The Morgan fingerprint density at radius 1 is 1.19 bits per heavy atom. The molecule has 0 saturated heterocycles. The average Bonchev–Trinajstić information content (AvgIpc) is 3.44. The first-order valence-corrected chi connectivity index (χ1v) is 11.9. The van der Waals surface area contributed by atoms with Gasteiger partial charge in [-0.05, 0) is 54.0 Å². The molecule has 2 aromatic heterocycles. The summed E-state index contributed by atoms with van der Waals surface area (Å²) in [6.45, 7) is 3.71. The second-order valence-electron chi connectivity index (χ2n) is 7.17. The van der Waals surface area contributed by atoms with Crippen molar-refractivity contribution in [3.8, 4) is 0 Å². The van der Waals surface area contributed by atoms with Crippen molar-refractivity contribution in [2.45, 2.75) is 26.3 Å². The smallest absolute Gasteiger partial charge is 0.372 e. The molecule has 14 heteroatoms. The van der Waals surface area contributed by atoms with Crippen LogP contribution in [0.4, 0.5) is 14.6 Å². The zero-order chi connectivity index (χ0) is 27.3. The lowest BCUT2D eigenvalue weighted by atomic mass is 9.91. The summed E-state index contributed by atoms with van der Waals surface area (Å²) in [5.74, 6) is -4.92. The molecular weight excluding hydrogens is 527 g/mol. The van der Waals surface area contributed by atoms with Crippen LogP contribution in [-0.2, 0) is 11.3 Å². The van der Waals surface area contributed by atoms with Crippen molar-refractivity contribution in [1.82, 2.24) is 19.2 Å². The average molecular weight is 546 g/mol. The molecule has 1 unspecified atom stereocenters. The molecule has 0 spiro atoms. The van der Waals surface area contributed by atoms with Gasteiger partial charge in [-0.15, -0.1) is 0 Å². The Hall–Kier alpha value is -3.84. The number of carboxylic acids is 1. The Morgan fingerprint density at radius 2 is 1.84 bits per heavy atom. The number of carboxylic acid groups (broad SMARTS) is 1. The Balaban J connectivity index is 0.000000322. The van der Waals surface area contributed by atoms with Crippen LogP contribution in [0.5, 0.6) is 0 Å². The summed E-state index contributed by atoms with van der Waals surface area (Å²) < 4.78 is 31.3. The van der Waals surface area contributed by atoms with E-state index in [1.807, 2.05) is 13.8 Å². The lowest BCUT2D eigenvalue weighted by molar-refractivity contribution is -0.122. The molecule has 37 heavy (non-hydrogen) atoms. The maximum absolute atomic E-state index is 13.5. The highest BCUT2D eigenvalue weighted by Crippen LogP contribution is 2.28. The van der Waals surface area contributed by atoms with E-state index in [2.05, 4.69) is 20.0 Å². The highest BCUT2D eigenvalue weighted by Gasteiger charge is 2.31. The molecule has 1 atom stereocenters. The predicted molar refractivity (Wildman–Crippen MR) is 136 cm³/mol. The molecule has 5 rings (SSSR count). The number of rotatable bonds is 3. The van der Waals surface area contributed by atoms with E-state index in [1.54, 1.807) is 0 Å². The van der Waals surface area contributed by atoms with Crippen LogP contribution in [0.2, 0.25) is 5.02 Å². The molecule has 1 aliphatic heterocycles. The normalized spacial score (nSPS) is 13.9. The van der Waals surface area contributed by atoms with Crippen LogP contribution in [0.25, 0.3) is 10.1 Å². The molecule has 190 valence electrons. The van der Waals surface area contributed by atoms with E-state index >= 15 is 0 Å². The molecular formula is C23H19BClF2N5O4S. The van der Waals surface area contributed by atoms with Crippen molar-refractivity contribution >= 4 is 64.7 Å². The Kier molecular flexibility index (Phi) is 8.95. The van der Waals surface area contributed by atoms with Gasteiger partial charge in [0.15, 0.2) is 5.82 Å². The molecule has 0 saturated carbocycles. The van der Waals surface area contributed by atoms with Gasteiger partial charge in [0.25, 0.3) is 5.91 Å². The summed E-state index contributed by atoms with van der Waals surface area (Å²) in [5.41, 5.74) is 0.118. The number of carbonyl (C=O) groups is 3. The maximum atomic E-state index is 13.5. The van der Waals surface area contributed by atoms with Crippen LogP contribution in [0, 0.1) is 11.6 Å². The highest BCUT2D eigenvalue weighted by atomic mass is 35.5. The predicted octanol–water partition coefficient (Wildman–Crippen LogP) is 4.38. The summed E-state index contributed by atoms with van der Waals surface area (Å²) in [4.78, 5) is 39.6. The fraction of sp³-hybridized carbons (Fsp3) is 0.174. The van der Waals surface area contributed by atoms with E-state index in [4.69, 9.17) is 19.4 Å². The number of nitrogens with one attached hydrogen (secondary N) is 2. The summed E-state index contributed by atoms with van der Waals surface area (Å²) in [6.07, 6.45) is 0. The number of benzene rings is 2. The maximum Gasteiger partial charge on any atom is 0.372 e. The number of aromatic nitrogens is 3. The van der Waals surface area contributed by atoms with Crippen LogP contribution in [0.15, 0.2) is 42.5 Å². The molecule has 9 nitrogen and oxygen atoms in total.